The maximum absolute atomic E-state index is 13.1. The first-order valence-electron chi connectivity index (χ1n) is 4.85. The topological polar surface area (TPSA) is 35.2 Å². The highest BCUT2D eigenvalue weighted by Crippen LogP contribution is 2.30. The SMILES string of the molecule is Nc1c(F)cc(F)cc1Oc1ccc(F)c(F)c1. The van der Waals surface area contributed by atoms with Crippen LogP contribution in [-0.2, 0) is 0 Å². The van der Waals surface area contributed by atoms with Gasteiger partial charge in [-0.1, -0.05) is 0 Å². The summed E-state index contributed by atoms with van der Waals surface area (Å²) in [5, 5.41) is 0. The molecule has 2 aromatic rings. The summed E-state index contributed by atoms with van der Waals surface area (Å²) in [6, 6.07) is 4.13. The second-order valence-corrected chi connectivity index (χ2v) is 3.48. The van der Waals surface area contributed by atoms with Crippen molar-refractivity contribution in [2.75, 3.05) is 5.73 Å². The molecule has 0 aliphatic carbocycles. The van der Waals surface area contributed by atoms with Gasteiger partial charge in [-0.05, 0) is 12.1 Å². The molecule has 0 bridgehead atoms. The number of nitrogen functional groups attached to an aromatic ring is 1. The van der Waals surface area contributed by atoms with Crippen molar-refractivity contribution in [1.29, 1.82) is 0 Å². The molecule has 2 rings (SSSR count). The summed E-state index contributed by atoms with van der Waals surface area (Å²) < 4.78 is 56.6. The molecule has 0 aliphatic heterocycles. The molecule has 0 saturated heterocycles. The molecule has 2 N–H and O–H groups in total. The van der Waals surface area contributed by atoms with Crippen molar-refractivity contribution in [3.8, 4) is 11.5 Å². The first kappa shape index (κ1) is 12.2. The lowest BCUT2D eigenvalue weighted by atomic mass is 10.2. The van der Waals surface area contributed by atoms with Crippen LogP contribution in [0.3, 0.4) is 0 Å². The Morgan fingerprint density at radius 3 is 2.22 bits per heavy atom. The Morgan fingerprint density at radius 2 is 1.56 bits per heavy atom. The van der Waals surface area contributed by atoms with Crippen LogP contribution in [0.25, 0.3) is 0 Å². The monoisotopic (exact) mass is 257 g/mol. The third-order valence-corrected chi connectivity index (χ3v) is 2.18. The molecule has 0 heterocycles. The summed E-state index contributed by atoms with van der Waals surface area (Å²) in [5.74, 6) is -4.50. The van der Waals surface area contributed by atoms with Crippen molar-refractivity contribution < 1.29 is 22.3 Å². The van der Waals surface area contributed by atoms with Crippen LogP contribution < -0.4 is 10.5 Å². The van der Waals surface area contributed by atoms with Gasteiger partial charge in [-0.15, -0.1) is 0 Å². The van der Waals surface area contributed by atoms with E-state index >= 15 is 0 Å². The molecule has 0 aromatic heterocycles. The maximum atomic E-state index is 13.1. The van der Waals surface area contributed by atoms with E-state index < -0.39 is 29.0 Å². The van der Waals surface area contributed by atoms with Crippen LogP contribution in [0.4, 0.5) is 23.2 Å². The number of ether oxygens (including phenoxy) is 1. The molecule has 0 saturated carbocycles. The van der Waals surface area contributed by atoms with E-state index in [1.54, 1.807) is 0 Å². The van der Waals surface area contributed by atoms with Crippen LogP contribution in [0.1, 0.15) is 0 Å². The fourth-order valence-electron chi connectivity index (χ4n) is 1.31. The van der Waals surface area contributed by atoms with Crippen LogP contribution in [0.2, 0.25) is 0 Å². The average Bonchev–Trinajstić information content (AvgIpc) is 2.30. The third kappa shape index (κ3) is 2.37. The lowest BCUT2D eigenvalue weighted by Gasteiger charge is -2.09. The van der Waals surface area contributed by atoms with Gasteiger partial charge in [-0.25, -0.2) is 17.6 Å². The number of hydrogen-bond donors (Lipinski definition) is 1. The van der Waals surface area contributed by atoms with Crippen molar-refractivity contribution in [3.63, 3.8) is 0 Å². The Bertz CT molecular complexity index is 601. The molecule has 6 heteroatoms. The zero-order chi connectivity index (χ0) is 13.3. The van der Waals surface area contributed by atoms with Gasteiger partial charge < -0.3 is 10.5 Å². The standard InChI is InChI=1S/C12H7F4NO/c13-6-3-10(16)12(17)11(4-6)18-7-1-2-8(14)9(15)5-7/h1-5H,17H2. The lowest BCUT2D eigenvalue weighted by molar-refractivity contribution is 0.455. The summed E-state index contributed by atoms with van der Waals surface area (Å²) in [4.78, 5) is 0. The van der Waals surface area contributed by atoms with Crippen LogP contribution in [-0.4, -0.2) is 0 Å². The number of rotatable bonds is 2. The van der Waals surface area contributed by atoms with Gasteiger partial charge in [0, 0.05) is 18.2 Å². The molecular weight excluding hydrogens is 250 g/mol. The number of hydrogen-bond acceptors (Lipinski definition) is 2. The van der Waals surface area contributed by atoms with Gasteiger partial charge in [0.05, 0.1) is 0 Å². The number of anilines is 1. The van der Waals surface area contributed by atoms with E-state index in [0.717, 1.165) is 24.3 Å². The van der Waals surface area contributed by atoms with Gasteiger partial charge in [-0.2, -0.15) is 0 Å². The van der Waals surface area contributed by atoms with Gasteiger partial charge in [-0.3, -0.25) is 0 Å². The summed E-state index contributed by atoms with van der Waals surface area (Å²) >= 11 is 0. The van der Waals surface area contributed by atoms with E-state index in [9.17, 15) is 17.6 Å². The zero-order valence-electron chi connectivity index (χ0n) is 8.88. The summed E-state index contributed by atoms with van der Waals surface area (Å²) in [5.41, 5.74) is 4.92. The molecule has 0 fully saturated rings. The average molecular weight is 257 g/mol. The molecule has 0 spiro atoms. The second kappa shape index (κ2) is 4.56. The minimum absolute atomic E-state index is 0.120. The molecule has 0 unspecified atom stereocenters. The second-order valence-electron chi connectivity index (χ2n) is 3.48. The van der Waals surface area contributed by atoms with E-state index in [1.807, 2.05) is 0 Å². The molecule has 0 amide bonds. The van der Waals surface area contributed by atoms with Crippen molar-refractivity contribution in [2.24, 2.45) is 0 Å². The smallest absolute Gasteiger partial charge is 0.162 e. The van der Waals surface area contributed by atoms with Crippen LogP contribution in [0.15, 0.2) is 30.3 Å². The number of halogens is 4. The Balaban J connectivity index is 2.36. The van der Waals surface area contributed by atoms with Gasteiger partial charge in [0.2, 0.25) is 0 Å². The molecule has 0 aliphatic rings. The Labute approximate surface area is 99.6 Å². The van der Waals surface area contributed by atoms with Crippen LogP contribution >= 0.6 is 0 Å². The first-order chi connectivity index (χ1) is 8.47. The van der Waals surface area contributed by atoms with Crippen molar-refractivity contribution in [1.82, 2.24) is 0 Å². The largest absolute Gasteiger partial charge is 0.455 e. The fraction of sp³-hybridized carbons (Fsp3) is 0. The first-order valence-corrected chi connectivity index (χ1v) is 4.85. The normalized spacial score (nSPS) is 10.4. The number of benzene rings is 2. The molecule has 2 nitrogen and oxygen atoms in total. The maximum Gasteiger partial charge on any atom is 0.162 e. The highest BCUT2D eigenvalue weighted by atomic mass is 19.2. The highest BCUT2D eigenvalue weighted by molar-refractivity contribution is 5.55. The minimum Gasteiger partial charge on any atom is -0.455 e. The summed E-state index contributed by atoms with van der Waals surface area (Å²) in [6.45, 7) is 0. The third-order valence-electron chi connectivity index (χ3n) is 2.18. The zero-order valence-corrected chi connectivity index (χ0v) is 8.88. The van der Waals surface area contributed by atoms with E-state index in [4.69, 9.17) is 10.5 Å². The molecule has 18 heavy (non-hydrogen) atoms. The van der Waals surface area contributed by atoms with Gasteiger partial charge in [0.25, 0.3) is 0 Å². The summed E-state index contributed by atoms with van der Waals surface area (Å²) in [6.07, 6.45) is 0. The van der Waals surface area contributed by atoms with Crippen LogP contribution in [0.5, 0.6) is 11.5 Å². The van der Waals surface area contributed by atoms with E-state index in [-0.39, 0.29) is 11.5 Å². The van der Waals surface area contributed by atoms with Crippen LogP contribution in [0, 0.1) is 23.3 Å². The van der Waals surface area contributed by atoms with E-state index in [1.165, 1.54) is 0 Å². The van der Waals surface area contributed by atoms with Crippen molar-refractivity contribution >= 4 is 5.69 Å². The van der Waals surface area contributed by atoms with Gasteiger partial charge in [0.15, 0.2) is 23.2 Å². The fourth-order valence-corrected chi connectivity index (χ4v) is 1.31. The van der Waals surface area contributed by atoms with E-state index in [0.29, 0.717) is 6.07 Å². The van der Waals surface area contributed by atoms with Crippen molar-refractivity contribution in [3.05, 3.63) is 53.6 Å². The lowest BCUT2D eigenvalue weighted by Crippen LogP contribution is -1.97. The molecule has 94 valence electrons. The molecule has 0 radical (unpaired) electrons. The quantitative estimate of drug-likeness (QED) is 0.658. The highest BCUT2D eigenvalue weighted by Gasteiger charge is 2.11. The minimum atomic E-state index is -1.14. The Morgan fingerprint density at radius 1 is 0.833 bits per heavy atom. The molecular formula is C12H7F4NO. The predicted octanol–water partition coefficient (Wildman–Crippen LogP) is 3.62. The van der Waals surface area contributed by atoms with Crippen molar-refractivity contribution in [2.45, 2.75) is 0 Å². The summed E-state index contributed by atoms with van der Waals surface area (Å²) in [7, 11) is 0. The molecule has 0 atom stereocenters. The van der Waals surface area contributed by atoms with Gasteiger partial charge >= 0.3 is 0 Å². The Kier molecular flexibility index (Phi) is 3.10. The Hall–Kier alpha value is -2.24. The molecule has 2 aromatic carbocycles. The predicted molar refractivity (Wildman–Crippen MR) is 57.2 cm³/mol. The number of nitrogens with two attached hydrogens (primary N) is 1. The van der Waals surface area contributed by atoms with Gasteiger partial charge in [0.1, 0.15) is 17.3 Å². The van der Waals surface area contributed by atoms with E-state index in [2.05, 4.69) is 0 Å².